The largest absolute Gasteiger partial charge is 0.319 e. The molecule has 1 aliphatic carbocycles. The molecule has 1 unspecified atom stereocenters. The van der Waals surface area contributed by atoms with Crippen LogP contribution in [0.2, 0.25) is 0 Å². The van der Waals surface area contributed by atoms with Crippen LogP contribution in [0.1, 0.15) is 26.2 Å². The third kappa shape index (κ3) is 3.75. The quantitative estimate of drug-likeness (QED) is 0.738. The minimum Gasteiger partial charge on any atom is -0.319 e. The minimum atomic E-state index is 0.510. The summed E-state index contributed by atoms with van der Waals surface area (Å²) in [5, 5.41) is 3.37. The molecule has 0 aliphatic heterocycles. The molecular formula is C15H23NS. The SMILES string of the molecule is CNCC(C)(CCSc1ccccc1)C1CC1. The summed E-state index contributed by atoms with van der Waals surface area (Å²) >= 11 is 1.99. The average molecular weight is 249 g/mol. The Kier molecular flexibility index (Phi) is 4.52. The predicted molar refractivity (Wildman–Crippen MR) is 76.5 cm³/mol. The molecule has 17 heavy (non-hydrogen) atoms. The second-order valence-corrected chi connectivity index (χ2v) is 6.54. The van der Waals surface area contributed by atoms with Crippen LogP contribution < -0.4 is 5.32 Å². The molecule has 0 spiro atoms. The third-order valence-electron chi connectivity index (χ3n) is 3.83. The number of rotatable bonds is 7. The maximum Gasteiger partial charge on any atom is 0.00719 e. The smallest absolute Gasteiger partial charge is 0.00719 e. The highest BCUT2D eigenvalue weighted by Crippen LogP contribution is 2.47. The second kappa shape index (κ2) is 5.92. The Morgan fingerprint density at radius 2 is 2.00 bits per heavy atom. The van der Waals surface area contributed by atoms with Gasteiger partial charge in [0.05, 0.1) is 0 Å². The number of hydrogen-bond acceptors (Lipinski definition) is 2. The van der Waals surface area contributed by atoms with Crippen LogP contribution in [0.15, 0.2) is 35.2 Å². The molecule has 0 saturated heterocycles. The molecule has 0 radical (unpaired) electrons. The van der Waals surface area contributed by atoms with Crippen molar-refractivity contribution in [1.29, 1.82) is 0 Å². The average Bonchev–Trinajstić information content (AvgIpc) is 3.15. The first-order valence-electron chi connectivity index (χ1n) is 6.57. The molecule has 2 heteroatoms. The highest BCUT2D eigenvalue weighted by molar-refractivity contribution is 7.99. The van der Waals surface area contributed by atoms with Crippen LogP contribution in [-0.2, 0) is 0 Å². The van der Waals surface area contributed by atoms with Gasteiger partial charge in [0.1, 0.15) is 0 Å². The molecule has 0 heterocycles. The third-order valence-corrected chi connectivity index (χ3v) is 4.84. The molecule has 0 amide bonds. The molecule has 1 aliphatic rings. The lowest BCUT2D eigenvalue weighted by atomic mass is 9.82. The van der Waals surface area contributed by atoms with Crippen molar-refractivity contribution in [1.82, 2.24) is 5.32 Å². The topological polar surface area (TPSA) is 12.0 Å². The fraction of sp³-hybridized carbons (Fsp3) is 0.600. The van der Waals surface area contributed by atoms with Gasteiger partial charge < -0.3 is 5.32 Å². The molecule has 1 aromatic rings. The Morgan fingerprint density at radius 3 is 2.59 bits per heavy atom. The van der Waals surface area contributed by atoms with Crippen LogP contribution >= 0.6 is 11.8 Å². The van der Waals surface area contributed by atoms with Gasteiger partial charge in [-0.1, -0.05) is 25.1 Å². The van der Waals surface area contributed by atoms with Gasteiger partial charge in [-0.2, -0.15) is 0 Å². The van der Waals surface area contributed by atoms with Crippen molar-refractivity contribution < 1.29 is 0 Å². The standard InChI is InChI=1S/C15H23NS/c1-15(12-16-2,13-8-9-13)10-11-17-14-6-4-3-5-7-14/h3-7,13,16H,8-12H2,1-2H3. The van der Waals surface area contributed by atoms with E-state index in [-0.39, 0.29) is 0 Å². The zero-order chi connectivity index (χ0) is 12.1. The van der Waals surface area contributed by atoms with E-state index in [4.69, 9.17) is 0 Å². The van der Waals surface area contributed by atoms with Crippen LogP contribution in [0.5, 0.6) is 0 Å². The lowest BCUT2D eigenvalue weighted by molar-refractivity contribution is 0.257. The van der Waals surface area contributed by atoms with Gasteiger partial charge in [0.25, 0.3) is 0 Å². The normalized spacial score (nSPS) is 18.9. The zero-order valence-electron chi connectivity index (χ0n) is 10.9. The van der Waals surface area contributed by atoms with Gasteiger partial charge in [-0.25, -0.2) is 0 Å². The fourth-order valence-electron chi connectivity index (χ4n) is 2.54. The Hall–Kier alpha value is -0.470. The maximum absolute atomic E-state index is 3.37. The Morgan fingerprint density at radius 1 is 1.29 bits per heavy atom. The first-order chi connectivity index (χ1) is 8.24. The highest BCUT2D eigenvalue weighted by Gasteiger charge is 2.40. The molecule has 1 nitrogen and oxygen atoms in total. The van der Waals surface area contributed by atoms with E-state index < -0.39 is 0 Å². The van der Waals surface area contributed by atoms with Gasteiger partial charge in [0, 0.05) is 11.4 Å². The molecule has 1 atom stereocenters. The van der Waals surface area contributed by atoms with E-state index in [0.29, 0.717) is 5.41 Å². The summed E-state index contributed by atoms with van der Waals surface area (Å²) in [4.78, 5) is 1.40. The summed E-state index contributed by atoms with van der Waals surface area (Å²) in [5.74, 6) is 2.20. The van der Waals surface area contributed by atoms with Crippen LogP contribution in [0, 0.1) is 11.3 Å². The van der Waals surface area contributed by atoms with Crippen molar-refractivity contribution in [3.05, 3.63) is 30.3 Å². The van der Waals surface area contributed by atoms with E-state index in [1.807, 2.05) is 11.8 Å². The van der Waals surface area contributed by atoms with E-state index in [0.717, 1.165) is 12.5 Å². The fourth-order valence-corrected chi connectivity index (χ4v) is 3.69. The van der Waals surface area contributed by atoms with E-state index in [1.54, 1.807) is 0 Å². The van der Waals surface area contributed by atoms with Crippen molar-refractivity contribution in [3.63, 3.8) is 0 Å². The van der Waals surface area contributed by atoms with Crippen molar-refractivity contribution in [2.45, 2.75) is 31.1 Å². The predicted octanol–water partition coefficient (Wildman–Crippen LogP) is 3.80. The van der Waals surface area contributed by atoms with Crippen molar-refractivity contribution in [2.24, 2.45) is 11.3 Å². The van der Waals surface area contributed by atoms with Gasteiger partial charge in [0.2, 0.25) is 0 Å². The van der Waals surface area contributed by atoms with Crippen molar-refractivity contribution >= 4 is 11.8 Å². The zero-order valence-corrected chi connectivity index (χ0v) is 11.7. The van der Waals surface area contributed by atoms with Crippen LogP contribution in [-0.4, -0.2) is 19.3 Å². The Balaban J connectivity index is 1.80. The van der Waals surface area contributed by atoms with E-state index in [2.05, 4.69) is 49.6 Å². The van der Waals surface area contributed by atoms with Gasteiger partial charge in [-0.15, -0.1) is 11.8 Å². The van der Waals surface area contributed by atoms with Crippen LogP contribution in [0.4, 0.5) is 0 Å². The number of benzene rings is 1. The van der Waals surface area contributed by atoms with Crippen LogP contribution in [0.25, 0.3) is 0 Å². The first kappa shape index (κ1) is 13.0. The molecule has 1 N–H and O–H groups in total. The van der Waals surface area contributed by atoms with Crippen LogP contribution in [0.3, 0.4) is 0 Å². The Bertz CT molecular complexity index is 334. The van der Waals surface area contributed by atoms with Gasteiger partial charge in [-0.3, -0.25) is 0 Å². The Labute approximate surface area is 109 Å². The van der Waals surface area contributed by atoms with E-state index in [9.17, 15) is 0 Å². The monoisotopic (exact) mass is 249 g/mol. The number of hydrogen-bond donors (Lipinski definition) is 1. The molecule has 1 aromatic carbocycles. The molecule has 2 rings (SSSR count). The van der Waals surface area contributed by atoms with Crippen molar-refractivity contribution in [2.75, 3.05) is 19.3 Å². The lowest BCUT2D eigenvalue weighted by Gasteiger charge is -2.29. The first-order valence-corrected chi connectivity index (χ1v) is 7.55. The van der Waals surface area contributed by atoms with E-state index >= 15 is 0 Å². The summed E-state index contributed by atoms with van der Waals surface area (Å²) in [6.45, 7) is 3.61. The summed E-state index contributed by atoms with van der Waals surface area (Å²) in [5.41, 5.74) is 0.510. The highest BCUT2D eigenvalue weighted by atomic mass is 32.2. The van der Waals surface area contributed by atoms with Crippen molar-refractivity contribution in [3.8, 4) is 0 Å². The van der Waals surface area contributed by atoms with Gasteiger partial charge in [0.15, 0.2) is 0 Å². The van der Waals surface area contributed by atoms with Gasteiger partial charge in [-0.05, 0) is 55.5 Å². The van der Waals surface area contributed by atoms with E-state index in [1.165, 1.54) is 29.9 Å². The molecule has 1 fully saturated rings. The van der Waals surface area contributed by atoms with Gasteiger partial charge >= 0.3 is 0 Å². The molecule has 94 valence electrons. The molecular weight excluding hydrogens is 226 g/mol. The lowest BCUT2D eigenvalue weighted by Crippen LogP contribution is -2.32. The summed E-state index contributed by atoms with van der Waals surface area (Å²) in [6, 6.07) is 10.7. The second-order valence-electron chi connectivity index (χ2n) is 5.37. The molecule has 1 saturated carbocycles. The number of thioether (sulfide) groups is 1. The summed E-state index contributed by atoms with van der Waals surface area (Å²) in [6.07, 6.45) is 4.19. The molecule has 0 aromatic heterocycles. The number of nitrogens with one attached hydrogen (secondary N) is 1. The maximum atomic E-state index is 3.37. The molecule has 0 bridgehead atoms. The summed E-state index contributed by atoms with van der Waals surface area (Å²) in [7, 11) is 2.07. The summed E-state index contributed by atoms with van der Waals surface area (Å²) < 4.78 is 0. The minimum absolute atomic E-state index is 0.510.